The molecule has 4 rings (SSSR count). The number of Topliss-reactive ketones (excluding diaryl/α,β-unsaturated/α-hetero) is 1. The smallest absolute Gasteiger partial charge is 0.303 e. The van der Waals surface area contributed by atoms with Crippen LogP contribution < -0.4 is 0 Å². The van der Waals surface area contributed by atoms with Gasteiger partial charge in [0.15, 0.2) is 18.0 Å². The summed E-state index contributed by atoms with van der Waals surface area (Å²) >= 11 is 0. The molecule has 0 aromatic carbocycles. The molecule has 0 aromatic rings. The first kappa shape index (κ1) is 22.3. The molecule has 3 fully saturated rings. The van der Waals surface area contributed by atoms with Crippen LogP contribution in [0, 0.1) is 28.6 Å². The van der Waals surface area contributed by atoms with Gasteiger partial charge in [0, 0.05) is 23.7 Å². The number of aliphatic hydroxyl groups excluding tert-OH is 1. The first-order valence-electron chi connectivity index (χ1n) is 10.7. The van der Waals surface area contributed by atoms with Crippen LogP contribution in [0.2, 0.25) is 0 Å². The van der Waals surface area contributed by atoms with Crippen LogP contribution in [0.3, 0.4) is 0 Å². The molecule has 4 aliphatic carbocycles. The molecular weight excluding hydrogens is 410 g/mol. The summed E-state index contributed by atoms with van der Waals surface area (Å²) in [6.07, 6.45) is -0.395. The molecule has 0 radical (unpaired) electrons. The van der Waals surface area contributed by atoms with Crippen molar-refractivity contribution in [2.75, 3.05) is 6.61 Å². The van der Waals surface area contributed by atoms with Crippen molar-refractivity contribution in [2.24, 2.45) is 28.6 Å². The normalized spacial score (nSPS) is 48.4. The first-order chi connectivity index (χ1) is 14.4. The van der Waals surface area contributed by atoms with Gasteiger partial charge in [-0.25, -0.2) is 8.78 Å². The monoisotopic (exact) mass is 438 g/mol. The zero-order valence-electron chi connectivity index (χ0n) is 17.8. The quantitative estimate of drug-likeness (QED) is 0.654. The minimum absolute atomic E-state index is 0.0224. The highest BCUT2D eigenvalue weighted by molar-refractivity contribution is 6.01. The van der Waals surface area contributed by atoms with Gasteiger partial charge in [0.05, 0.1) is 6.10 Å². The fourth-order valence-corrected chi connectivity index (χ4v) is 7.08. The second kappa shape index (κ2) is 7.04. The van der Waals surface area contributed by atoms with E-state index in [0.29, 0.717) is 5.57 Å². The highest BCUT2D eigenvalue weighted by Crippen LogP contribution is 2.67. The summed E-state index contributed by atoms with van der Waals surface area (Å²) in [4.78, 5) is 35.8. The van der Waals surface area contributed by atoms with Gasteiger partial charge >= 0.3 is 5.97 Å². The van der Waals surface area contributed by atoms with Crippen molar-refractivity contribution in [1.82, 2.24) is 0 Å². The summed E-state index contributed by atoms with van der Waals surface area (Å²) in [6, 6.07) is 0. The molecule has 0 aromatic heterocycles. The van der Waals surface area contributed by atoms with Crippen LogP contribution in [0.15, 0.2) is 23.8 Å². The van der Waals surface area contributed by atoms with Crippen LogP contribution >= 0.6 is 0 Å². The maximum Gasteiger partial charge on any atom is 0.303 e. The zero-order valence-corrected chi connectivity index (χ0v) is 17.8. The van der Waals surface area contributed by atoms with Crippen molar-refractivity contribution in [2.45, 2.75) is 64.1 Å². The predicted molar refractivity (Wildman–Crippen MR) is 105 cm³/mol. The van der Waals surface area contributed by atoms with Crippen molar-refractivity contribution in [1.29, 1.82) is 0 Å². The van der Waals surface area contributed by atoms with Crippen molar-refractivity contribution in [3.63, 3.8) is 0 Å². The second-order valence-electron chi connectivity index (χ2n) is 9.98. The number of esters is 1. The predicted octanol–water partition coefficient (Wildman–Crippen LogP) is 2.02. The molecule has 0 saturated heterocycles. The Morgan fingerprint density at radius 3 is 2.58 bits per heavy atom. The van der Waals surface area contributed by atoms with Crippen LogP contribution in [0.5, 0.6) is 0 Å². The van der Waals surface area contributed by atoms with E-state index in [1.165, 1.54) is 12.2 Å². The fraction of sp³-hybridized carbons (Fsp3) is 0.696. The van der Waals surface area contributed by atoms with Crippen LogP contribution in [-0.4, -0.2) is 58.4 Å². The number of ether oxygens (including phenoxy) is 1. The lowest BCUT2D eigenvalue weighted by Crippen LogP contribution is -2.64. The number of allylic oxidation sites excluding steroid dienone is 4. The van der Waals surface area contributed by atoms with Crippen molar-refractivity contribution >= 4 is 17.5 Å². The number of aliphatic hydroxyl groups is 2. The second-order valence-corrected chi connectivity index (χ2v) is 9.98. The SMILES string of the molecule is CC(=O)OCC(=O)[C@@]1(O)[C@H](F)C[C@@H]2[C@@H]3C[C@H](F)C4=CC(=O)C=C[C@]4(C)[C@@H]3[C@@H](O)C[C@@]21C. The molecule has 4 aliphatic rings. The topological polar surface area (TPSA) is 101 Å². The van der Waals surface area contributed by atoms with E-state index in [4.69, 9.17) is 4.74 Å². The third-order valence-electron chi connectivity index (χ3n) is 8.48. The maximum absolute atomic E-state index is 15.3. The lowest BCUT2D eigenvalue weighted by atomic mass is 9.46. The van der Waals surface area contributed by atoms with E-state index < -0.39 is 71.0 Å². The summed E-state index contributed by atoms with van der Waals surface area (Å²) in [7, 11) is 0. The van der Waals surface area contributed by atoms with Crippen LogP contribution in [0.25, 0.3) is 0 Å². The molecule has 2 N–H and O–H groups in total. The Kier molecular flexibility index (Phi) is 5.05. The van der Waals surface area contributed by atoms with E-state index in [1.807, 2.05) is 0 Å². The number of hydrogen-bond acceptors (Lipinski definition) is 6. The Labute approximate surface area is 179 Å². The fourth-order valence-electron chi connectivity index (χ4n) is 7.08. The Morgan fingerprint density at radius 2 is 1.94 bits per heavy atom. The van der Waals surface area contributed by atoms with Crippen molar-refractivity contribution < 1.29 is 38.1 Å². The van der Waals surface area contributed by atoms with Crippen molar-refractivity contribution in [3.8, 4) is 0 Å². The lowest BCUT2D eigenvalue weighted by Gasteiger charge is -2.59. The van der Waals surface area contributed by atoms with E-state index in [1.54, 1.807) is 19.9 Å². The summed E-state index contributed by atoms with van der Waals surface area (Å²) in [5, 5.41) is 22.5. The number of alkyl halides is 2. The Morgan fingerprint density at radius 1 is 1.26 bits per heavy atom. The standard InChI is InChI=1S/C23H28F2O6/c1-11(26)31-10-19(29)23(30)18(25)8-14-13-7-16(24)15-6-12(27)4-5-21(15,2)20(13)17(28)9-22(14,23)3/h4-6,13-14,16-18,20,28,30H,7-10H2,1-3H3/t13-,14+,16-,17-,18+,20-,21-,22-,23-/m0/s1. The third kappa shape index (κ3) is 2.90. The highest BCUT2D eigenvalue weighted by atomic mass is 19.1. The van der Waals surface area contributed by atoms with Gasteiger partial charge < -0.3 is 14.9 Å². The summed E-state index contributed by atoms with van der Waals surface area (Å²) in [5.41, 5.74) is -4.39. The number of carbonyl (C=O) groups is 3. The number of rotatable bonds is 3. The number of fused-ring (bicyclic) bond motifs is 5. The highest BCUT2D eigenvalue weighted by Gasteiger charge is 2.72. The number of ketones is 2. The molecule has 0 spiro atoms. The molecule has 9 atom stereocenters. The van der Waals surface area contributed by atoms with Gasteiger partial charge in [-0.05, 0) is 48.8 Å². The molecule has 31 heavy (non-hydrogen) atoms. The number of halogens is 2. The van der Waals surface area contributed by atoms with Crippen LogP contribution in [-0.2, 0) is 19.1 Å². The molecule has 0 bridgehead atoms. The molecule has 170 valence electrons. The molecule has 8 heteroatoms. The van der Waals surface area contributed by atoms with Gasteiger partial charge in [0.2, 0.25) is 5.78 Å². The summed E-state index contributed by atoms with van der Waals surface area (Å²) < 4.78 is 35.3. The van der Waals surface area contributed by atoms with Gasteiger partial charge in [-0.15, -0.1) is 0 Å². The summed E-state index contributed by atoms with van der Waals surface area (Å²) in [6.45, 7) is 3.68. The van der Waals surface area contributed by atoms with Crippen LogP contribution in [0.1, 0.15) is 40.0 Å². The Hall–Kier alpha value is -1.93. The third-order valence-corrected chi connectivity index (χ3v) is 8.48. The Bertz CT molecular complexity index is 898. The molecule has 0 unspecified atom stereocenters. The van der Waals surface area contributed by atoms with Gasteiger partial charge in [0.1, 0.15) is 12.3 Å². The lowest BCUT2D eigenvalue weighted by molar-refractivity contribution is -0.189. The molecule has 3 saturated carbocycles. The van der Waals surface area contributed by atoms with Gasteiger partial charge in [-0.2, -0.15) is 0 Å². The van der Waals surface area contributed by atoms with Crippen LogP contribution in [0.4, 0.5) is 8.78 Å². The van der Waals surface area contributed by atoms with E-state index in [2.05, 4.69) is 0 Å². The van der Waals surface area contributed by atoms with E-state index >= 15 is 8.78 Å². The number of hydrogen-bond donors (Lipinski definition) is 2. The van der Waals surface area contributed by atoms with Gasteiger partial charge in [-0.3, -0.25) is 14.4 Å². The average Bonchev–Trinajstić information content (AvgIpc) is 2.88. The molecule has 6 nitrogen and oxygen atoms in total. The van der Waals surface area contributed by atoms with Crippen molar-refractivity contribution in [3.05, 3.63) is 23.8 Å². The zero-order chi connectivity index (χ0) is 22.9. The molecule has 0 heterocycles. The Balaban J connectivity index is 1.74. The number of carbonyl (C=O) groups excluding carboxylic acids is 3. The minimum atomic E-state index is -2.44. The first-order valence-corrected chi connectivity index (χ1v) is 10.7. The van der Waals surface area contributed by atoms with Gasteiger partial charge in [0.25, 0.3) is 0 Å². The molecule has 0 aliphatic heterocycles. The van der Waals surface area contributed by atoms with E-state index in [-0.39, 0.29) is 25.0 Å². The largest absolute Gasteiger partial charge is 0.458 e. The van der Waals surface area contributed by atoms with E-state index in [9.17, 15) is 24.6 Å². The minimum Gasteiger partial charge on any atom is -0.458 e. The van der Waals surface area contributed by atoms with Gasteiger partial charge in [-0.1, -0.05) is 19.9 Å². The molecule has 0 amide bonds. The maximum atomic E-state index is 15.3. The average molecular weight is 438 g/mol. The summed E-state index contributed by atoms with van der Waals surface area (Å²) in [5.74, 6) is -3.53. The van der Waals surface area contributed by atoms with E-state index in [0.717, 1.165) is 6.92 Å². The molecular formula is C23H28F2O6.